The number of rotatable bonds is 9. The van der Waals surface area contributed by atoms with E-state index in [1.807, 2.05) is 66.7 Å². The van der Waals surface area contributed by atoms with Gasteiger partial charge in [0, 0.05) is 5.02 Å². The maximum atomic E-state index is 5.90. The standard InChI is InChI=1S/C23H23ClN2O3/c1-27-22-11-8-19(13-23(22)28-2)15-26-25-14-18-4-3-5-21(12-18)29-16-17-6-9-20(24)10-7-17/h3-14,26H,15-16H2,1-2H3/b25-14+. The first kappa shape index (κ1) is 20.6. The maximum absolute atomic E-state index is 5.90. The summed E-state index contributed by atoms with van der Waals surface area (Å²) in [5.41, 5.74) is 6.09. The summed E-state index contributed by atoms with van der Waals surface area (Å²) in [6.07, 6.45) is 1.76. The van der Waals surface area contributed by atoms with Gasteiger partial charge in [-0.1, -0.05) is 41.9 Å². The van der Waals surface area contributed by atoms with Gasteiger partial charge in [0.2, 0.25) is 0 Å². The lowest BCUT2D eigenvalue weighted by atomic mass is 10.2. The van der Waals surface area contributed by atoms with E-state index < -0.39 is 0 Å². The molecule has 0 unspecified atom stereocenters. The smallest absolute Gasteiger partial charge is 0.161 e. The molecular weight excluding hydrogens is 388 g/mol. The second-order valence-electron chi connectivity index (χ2n) is 6.27. The quantitative estimate of drug-likeness (QED) is 0.395. The van der Waals surface area contributed by atoms with Crippen LogP contribution >= 0.6 is 11.6 Å². The monoisotopic (exact) mass is 410 g/mol. The number of halogens is 1. The fraction of sp³-hybridized carbons (Fsp3) is 0.174. The van der Waals surface area contributed by atoms with Crippen LogP contribution in [-0.2, 0) is 13.2 Å². The van der Waals surface area contributed by atoms with Crippen molar-refractivity contribution in [3.8, 4) is 17.2 Å². The van der Waals surface area contributed by atoms with E-state index >= 15 is 0 Å². The van der Waals surface area contributed by atoms with E-state index in [2.05, 4.69) is 10.5 Å². The van der Waals surface area contributed by atoms with Crippen LogP contribution in [0, 0.1) is 0 Å². The highest BCUT2D eigenvalue weighted by Crippen LogP contribution is 2.27. The Labute approximate surface area is 175 Å². The van der Waals surface area contributed by atoms with E-state index in [0.29, 0.717) is 29.7 Å². The van der Waals surface area contributed by atoms with Gasteiger partial charge in [0.05, 0.1) is 27.0 Å². The fourth-order valence-electron chi connectivity index (χ4n) is 2.68. The van der Waals surface area contributed by atoms with E-state index in [4.69, 9.17) is 25.8 Å². The van der Waals surface area contributed by atoms with Gasteiger partial charge in [-0.05, 0) is 53.1 Å². The number of methoxy groups -OCH3 is 2. The lowest BCUT2D eigenvalue weighted by Crippen LogP contribution is -2.06. The minimum Gasteiger partial charge on any atom is -0.493 e. The minimum absolute atomic E-state index is 0.481. The third-order valence-corrected chi connectivity index (χ3v) is 4.46. The van der Waals surface area contributed by atoms with E-state index in [9.17, 15) is 0 Å². The Kier molecular flexibility index (Phi) is 7.36. The number of hydrazone groups is 1. The number of hydrogen-bond donors (Lipinski definition) is 1. The van der Waals surface area contributed by atoms with Gasteiger partial charge in [-0.15, -0.1) is 0 Å². The van der Waals surface area contributed by atoms with Crippen LogP contribution in [0.1, 0.15) is 16.7 Å². The third kappa shape index (κ3) is 6.16. The first-order valence-electron chi connectivity index (χ1n) is 9.12. The van der Waals surface area contributed by atoms with Crippen LogP contribution in [0.2, 0.25) is 5.02 Å². The summed E-state index contributed by atoms with van der Waals surface area (Å²) in [7, 11) is 3.24. The van der Waals surface area contributed by atoms with Crippen LogP contribution in [0.15, 0.2) is 71.8 Å². The summed E-state index contributed by atoms with van der Waals surface area (Å²) in [5, 5.41) is 5.00. The number of nitrogens with zero attached hydrogens (tertiary/aromatic N) is 1. The van der Waals surface area contributed by atoms with Crippen molar-refractivity contribution < 1.29 is 14.2 Å². The van der Waals surface area contributed by atoms with Crippen molar-refractivity contribution in [2.24, 2.45) is 5.10 Å². The molecule has 0 aromatic heterocycles. The van der Waals surface area contributed by atoms with Crippen molar-refractivity contribution >= 4 is 17.8 Å². The van der Waals surface area contributed by atoms with Gasteiger partial charge in [0.15, 0.2) is 11.5 Å². The summed E-state index contributed by atoms with van der Waals surface area (Å²) in [6, 6.07) is 21.1. The zero-order valence-electron chi connectivity index (χ0n) is 16.4. The van der Waals surface area contributed by atoms with Gasteiger partial charge >= 0.3 is 0 Å². The van der Waals surface area contributed by atoms with Gasteiger partial charge in [-0.3, -0.25) is 0 Å². The number of nitrogens with one attached hydrogen (secondary N) is 1. The predicted octanol–water partition coefficient (Wildman–Crippen LogP) is 5.06. The van der Waals surface area contributed by atoms with Crippen LogP contribution in [0.4, 0.5) is 0 Å². The molecule has 0 fully saturated rings. The molecule has 3 rings (SSSR count). The second-order valence-corrected chi connectivity index (χ2v) is 6.71. The average Bonchev–Trinajstić information content (AvgIpc) is 2.76. The molecule has 5 nitrogen and oxygen atoms in total. The number of ether oxygens (including phenoxy) is 3. The predicted molar refractivity (Wildman–Crippen MR) is 116 cm³/mol. The van der Waals surface area contributed by atoms with Crippen molar-refractivity contribution in [3.63, 3.8) is 0 Å². The zero-order valence-corrected chi connectivity index (χ0v) is 17.1. The second kappa shape index (κ2) is 10.4. The van der Waals surface area contributed by atoms with Gasteiger partial charge < -0.3 is 19.6 Å². The van der Waals surface area contributed by atoms with E-state index in [1.165, 1.54) is 0 Å². The third-order valence-electron chi connectivity index (χ3n) is 4.21. The molecule has 0 aliphatic carbocycles. The van der Waals surface area contributed by atoms with Gasteiger partial charge in [0.25, 0.3) is 0 Å². The molecule has 6 heteroatoms. The summed E-state index contributed by atoms with van der Waals surface area (Å²) in [4.78, 5) is 0. The number of benzene rings is 3. The molecule has 3 aromatic rings. The molecule has 3 aromatic carbocycles. The molecule has 29 heavy (non-hydrogen) atoms. The highest BCUT2D eigenvalue weighted by Gasteiger charge is 2.04. The van der Waals surface area contributed by atoms with Crippen molar-refractivity contribution in [1.82, 2.24) is 5.43 Å². The van der Waals surface area contributed by atoms with Crippen molar-refractivity contribution in [2.45, 2.75) is 13.2 Å². The minimum atomic E-state index is 0.481. The normalized spacial score (nSPS) is 10.7. The van der Waals surface area contributed by atoms with Crippen LogP contribution < -0.4 is 19.6 Å². The van der Waals surface area contributed by atoms with E-state index in [-0.39, 0.29) is 0 Å². The SMILES string of the molecule is COc1ccc(CN/N=C/c2cccc(OCc3ccc(Cl)cc3)c2)cc1OC. The molecule has 0 aliphatic heterocycles. The van der Waals surface area contributed by atoms with Crippen LogP contribution in [0.5, 0.6) is 17.2 Å². The highest BCUT2D eigenvalue weighted by atomic mass is 35.5. The molecule has 0 amide bonds. The number of hydrogen-bond acceptors (Lipinski definition) is 5. The first-order chi connectivity index (χ1) is 14.2. The highest BCUT2D eigenvalue weighted by molar-refractivity contribution is 6.30. The van der Waals surface area contributed by atoms with Gasteiger partial charge in [-0.25, -0.2) is 0 Å². The molecule has 150 valence electrons. The fourth-order valence-corrected chi connectivity index (χ4v) is 2.81. The summed E-state index contributed by atoms with van der Waals surface area (Å²) < 4.78 is 16.4. The molecule has 0 radical (unpaired) electrons. The van der Waals surface area contributed by atoms with Crippen LogP contribution in [-0.4, -0.2) is 20.4 Å². The summed E-state index contributed by atoms with van der Waals surface area (Å²) in [6.45, 7) is 1.05. The molecule has 0 saturated carbocycles. The average molecular weight is 411 g/mol. The first-order valence-corrected chi connectivity index (χ1v) is 9.50. The lowest BCUT2D eigenvalue weighted by molar-refractivity contribution is 0.306. The summed E-state index contributed by atoms with van der Waals surface area (Å²) >= 11 is 5.90. The Morgan fingerprint density at radius 1 is 0.897 bits per heavy atom. The molecule has 0 bridgehead atoms. The molecule has 0 spiro atoms. The van der Waals surface area contributed by atoms with Crippen LogP contribution in [0.3, 0.4) is 0 Å². The van der Waals surface area contributed by atoms with Gasteiger partial charge in [-0.2, -0.15) is 5.10 Å². The molecule has 0 aliphatic rings. The Morgan fingerprint density at radius 3 is 2.41 bits per heavy atom. The van der Waals surface area contributed by atoms with Crippen molar-refractivity contribution in [1.29, 1.82) is 0 Å². The molecule has 1 N–H and O–H groups in total. The van der Waals surface area contributed by atoms with Crippen molar-refractivity contribution in [3.05, 3.63) is 88.4 Å². The summed E-state index contributed by atoms with van der Waals surface area (Å²) in [5.74, 6) is 2.18. The van der Waals surface area contributed by atoms with Gasteiger partial charge in [0.1, 0.15) is 12.4 Å². The Balaban J connectivity index is 1.53. The zero-order chi connectivity index (χ0) is 20.5. The van der Waals surface area contributed by atoms with E-state index in [0.717, 1.165) is 22.4 Å². The topological polar surface area (TPSA) is 52.1 Å². The Hall–Kier alpha value is -3.18. The largest absolute Gasteiger partial charge is 0.493 e. The Bertz CT molecular complexity index is 959. The lowest BCUT2D eigenvalue weighted by Gasteiger charge is -2.09. The van der Waals surface area contributed by atoms with E-state index in [1.54, 1.807) is 20.4 Å². The molecule has 0 atom stereocenters. The maximum Gasteiger partial charge on any atom is 0.161 e. The van der Waals surface area contributed by atoms with Crippen LogP contribution in [0.25, 0.3) is 0 Å². The molecule has 0 heterocycles. The Morgan fingerprint density at radius 2 is 1.66 bits per heavy atom. The van der Waals surface area contributed by atoms with Crippen molar-refractivity contribution in [2.75, 3.05) is 14.2 Å². The molecular formula is C23H23ClN2O3. The molecule has 0 saturated heterocycles.